The van der Waals surface area contributed by atoms with Crippen LogP contribution in [0.1, 0.15) is 61.8 Å². The van der Waals surface area contributed by atoms with E-state index in [9.17, 15) is 26.7 Å². The number of methoxy groups -OCH3 is 1. The summed E-state index contributed by atoms with van der Waals surface area (Å²) >= 11 is 0. The Labute approximate surface area is 294 Å². The fourth-order valence-electron chi connectivity index (χ4n) is 5.79. The van der Waals surface area contributed by atoms with Gasteiger partial charge < -0.3 is 28.7 Å². The normalized spacial score (nSPS) is 20.5. The van der Waals surface area contributed by atoms with Crippen LogP contribution < -0.4 is 14.2 Å². The minimum Gasteiger partial charge on any atom is -0.497 e. The number of ether oxygens (including phenoxy) is 3. The summed E-state index contributed by atoms with van der Waals surface area (Å²) in [6.07, 6.45) is 1.16. The molecule has 16 heteroatoms. The average Bonchev–Trinajstić information content (AvgIpc) is 3.43. The van der Waals surface area contributed by atoms with E-state index in [1.807, 2.05) is 13.8 Å². The number of nitrogens with one attached hydrogen (secondary N) is 1. The molecule has 2 heterocycles. The van der Waals surface area contributed by atoms with Gasteiger partial charge in [0, 0.05) is 38.3 Å². The predicted octanol–water partition coefficient (Wildman–Crippen LogP) is 4.22. The highest BCUT2D eigenvalue weighted by Crippen LogP contribution is 2.31. The van der Waals surface area contributed by atoms with Gasteiger partial charge in [-0.25, -0.2) is 16.8 Å². The Kier molecular flexibility index (Phi) is 12.9. The van der Waals surface area contributed by atoms with E-state index in [-0.39, 0.29) is 64.0 Å². The highest BCUT2D eigenvalue weighted by molar-refractivity contribution is 7.92. The van der Waals surface area contributed by atoms with Crippen LogP contribution in [0.25, 0.3) is 0 Å². The number of aliphatic hydroxyl groups excluding tert-OH is 1. The summed E-state index contributed by atoms with van der Waals surface area (Å²) in [5, 5.41) is 14.0. The van der Waals surface area contributed by atoms with E-state index in [2.05, 4.69) is 9.88 Å². The SMILES string of the molecule is COc1ccc(S(=O)(=O)N(C)C[C@@H]2OCCCC[C@@H](C)Oc3ccc(NS(=O)(=O)c4c(C)noc4C)cc3C(=O)N([C@H](C)CO)C[C@H]2C)cc1. The van der Waals surface area contributed by atoms with E-state index in [4.69, 9.17) is 18.7 Å². The largest absolute Gasteiger partial charge is 0.497 e. The van der Waals surface area contributed by atoms with Gasteiger partial charge in [0.2, 0.25) is 10.0 Å². The van der Waals surface area contributed by atoms with Crippen LogP contribution in [0.3, 0.4) is 0 Å². The number of hydrogen-bond donors (Lipinski definition) is 2. The summed E-state index contributed by atoms with van der Waals surface area (Å²) in [7, 11) is -5.02. The monoisotopic (exact) mass is 736 g/mol. The molecule has 1 aromatic heterocycles. The molecule has 14 nitrogen and oxygen atoms in total. The second kappa shape index (κ2) is 16.5. The first-order valence-electron chi connectivity index (χ1n) is 16.5. The first-order chi connectivity index (χ1) is 23.6. The van der Waals surface area contributed by atoms with Crippen molar-refractivity contribution in [3.05, 3.63) is 59.5 Å². The molecule has 0 spiro atoms. The molecule has 50 heavy (non-hydrogen) atoms. The van der Waals surface area contributed by atoms with Gasteiger partial charge in [-0.3, -0.25) is 9.52 Å². The van der Waals surface area contributed by atoms with Gasteiger partial charge in [-0.05, 0) is 89.4 Å². The van der Waals surface area contributed by atoms with Crippen LogP contribution in [-0.2, 0) is 24.8 Å². The number of likely N-dealkylation sites (N-methyl/N-ethyl adjacent to an activating group) is 1. The molecule has 4 atom stereocenters. The van der Waals surface area contributed by atoms with Crippen LogP contribution in [0.2, 0.25) is 0 Å². The zero-order chi connectivity index (χ0) is 36.8. The third kappa shape index (κ3) is 9.15. The van der Waals surface area contributed by atoms with Crippen molar-refractivity contribution in [2.24, 2.45) is 5.92 Å². The number of nitrogens with zero attached hydrogens (tertiary/aromatic N) is 3. The number of aromatic nitrogens is 1. The lowest BCUT2D eigenvalue weighted by atomic mass is 10.0. The maximum Gasteiger partial charge on any atom is 0.267 e. The van der Waals surface area contributed by atoms with Crippen LogP contribution in [-0.4, -0.2) is 101 Å². The Morgan fingerprint density at radius 2 is 1.80 bits per heavy atom. The Morgan fingerprint density at radius 1 is 1.10 bits per heavy atom. The smallest absolute Gasteiger partial charge is 0.267 e. The summed E-state index contributed by atoms with van der Waals surface area (Å²) in [6, 6.07) is 9.95. The topological polar surface area (TPSA) is 178 Å². The lowest BCUT2D eigenvalue weighted by molar-refractivity contribution is -0.00834. The van der Waals surface area contributed by atoms with Gasteiger partial charge in [-0.1, -0.05) is 12.1 Å². The molecular formula is C34H48N4O10S2. The van der Waals surface area contributed by atoms with Crippen molar-refractivity contribution < 1.29 is 45.5 Å². The van der Waals surface area contributed by atoms with E-state index >= 15 is 0 Å². The lowest BCUT2D eigenvalue weighted by Gasteiger charge is -2.35. The van der Waals surface area contributed by atoms with Crippen molar-refractivity contribution in [1.29, 1.82) is 0 Å². The van der Waals surface area contributed by atoms with Crippen LogP contribution in [0.4, 0.5) is 5.69 Å². The number of aliphatic hydroxyl groups is 1. The minimum absolute atomic E-state index is 0.00873. The second-order valence-corrected chi connectivity index (χ2v) is 16.4. The van der Waals surface area contributed by atoms with Crippen LogP contribution in [0, 0.1) is 19.8 Å². The summed E-state index contributed by atoms with van der Waals surface area (Å²) in [4.78, 5) is 15.9. The average molecular weight is 737 g/mol. The summed E-state index contributed by atoms with van der Waals surface area (Å²) in [5.41, 5.74) is 0.403. The number of hydrogen-bond acceptors (Lipinski definition) is 11. The Bertz CT molecular complexity index is 1810. The van der Waals surface area contributed by atoms with E-state index in [1.165, 1.54) is 61.5 Å². The van der Waals surface area contributed by atoms with Gasteiger partial charge >= 0.3 is 0 Å². The van der Waals surface area contributed by atoms with E-state index in [1.54, 1.807) is 25.1 Å². The Hall–Kier alpha value is -3.70. The van der Waals surface area contributed by atoms with Gasteiger partial charge in [0.05, 0.1) is 42.4 Å². The molecule has 1 aliphatic rings. The maximum atomic E-state index is 14.4. The standard InChI is InChI=1S/C34H48N4O10S2/c1-22-19-38(23(2)21-39)34(40)30-18-27(36-49(41,42)33-25(4)35-48-26(33)5)11-16-31(30)47-24(3)10-8-9-17-46-32(22)20-37(6)50(43,44)29-14-12-28(45-7)13-15-29/h11-16,18,22-24,32,36,39H,8-10,17,19-21H2,1-7H3/t22-,23-,24-,32+/m1/s1. The Balaban J connectivity index is 1.68. The molecule has 276 valence electrons. The molecular weight excluding hydrogens is 689 g/mol. The van der Waals surface area contributed by atoms with Crippen molar-refractivity contribution in [2.45, 2.75) is 81.9 Å². The predicted molar refractivity (Wildman–Crippen MR) is 186 cm³/mol. The molecule has 2 N–H and O–H groups in total. The number of carbonyl (C=O) groups excluding carboxylic acids is 1. The van der Waals surface area contributed by atoms with Crippen molar-refractivity contribution in [3.8, 4) is 11.5 Å². The number of aryl methyl sites for hydroxylation is 2. The molecule has 0 bridgehead atoms. The van der Waals surface area contributed by atoms with Crippen LogP contribution in [0.5, 0.6) is 11.5 Å². The minimum atomic E-state index is -4.12. The van der Waals surface area contributed by atoms with Gasteiger partial charge in [-0.2, -0.15) is 4.31 Å². The first kappa shape index (κ1) is 39.1. The molecule has 4 rings (SSSR count). The fraction of sp³-hybridized carbons (Fsp3) is 0.529. The first-order valence-corrected chi connectivity index (χ1v) is 19.4. The third-order valence-corrected chi connectivity index (χ3v) is 12.2. The molecule has 0 saturated carbocycles. The van der Waals surface area contributed by atoms with Gasteiger partial charge in [0.25, 0.3) is 15.9 Å². The highest BCUT2D eigenvalue weighted by atomic mass is 32.2. The van der Waals surface area contributed by atoms with Crippen LogP contribution in [0.15, 0.2) is 56.8 Å². The zero-order valence-corrected chi connectivity index (χ0v) is 31.2. The van der Waals surface area contributed by atoms with Crippen molar-refractivity contribution in [1.82, 2.24) is 14.4 Å². The number of amides is 1. The van der Waals surface area contributed by atoms with Gasteiger partial charge in [0.15, 0.2) is 10.7 Å². The fourth-order valence-corrected chi connectivity index (χ4v) is 8.36. The molecule has 1 amide bonds. The molecule has 1 aliphatic heterocycles. The molecule has 0 aliphatic carbocycles. The van der Waals surface area contributed by atoms with Crippen molar-refractivity contribution in [3.63, 3.8) is 0 Å². The second-order valence-electron chi connectivity index (χ2n) is 12.7. The van der Waals surface area contributed by atoms with Gasteiger partial charge in [0.1, 0.15) is 17.2 Å². The quantitative estimate of drug-likeness (QED) is 0.305. The van der Waals surface area contributed by atoms with Gasteiger partial charge in [-0.15, -0.1) is 0 Å². The van der Waals surface area contributed by atoms with E-state index < -0.39 is 44.0 Å². The summed E-state index contributed by atoms with van der Waals surface area (Å²) in [6.45, 7) is 8.56. The lowest BCUT2D eigenvalue weighted by Crippen LogP contribution is -2.48. The Morgan fingerprint density at radius 3 is 2.42 bits per heavy atom. The van der Waals surface area contributed by atoms with Crippen molar-refractivity contribution >= 4 is 31.6 Å². The number of anilines is 1. The molecule has 0 unspecified atom stereocenters. The number of carbonyl (C=O) groups is 1. The molecule has 2 aromatic carbocycles. The number of fused-ring (bicyclic) bond motifs is 1. The summed E-state index contributed by atoms with van der Waals surface area (Å²) in [5.74, 6) is 0.0185. The third-order valence-electron chi connectivity index (χ3n) is 8.75. The number of sulfonamides is 2. The molecule has 3 aromatic rings. The molecule has 0 radical (unpaired) electrons. The summed E-state index contributed by atoms with van der Waals surface area (Å²) < 4.78 is 80.2. The van der Waals surface area contributed by atoms with Crippen molar-refractivity contribution in [2.75, 3.05) is 45.2 Å². The maximum absolute atomic E-state index is 14.4. The van der Waals surface area contributed by atoms with E-state index in [0.717, 1.165) is 6.42 Å². The molecule has 0 fully saturated rings. The number of benzene rings is 2. The van der Waals surface area contributed by atoms with E-state index in [0.29, 0.717) is 25.2 Å². The molecule has 0 saturated heterocycles. The highest BCUT2D eigenvalue weighted by Gasteiger charge is 2.33. The number of rotatable bonds is 10. The van der Waals surface area contributed by atoms with Crippen LogP contribution >= 0.6 is 0 Å². The zero-order valence-electron chi connectivity index (χ0n) is 29.6.